The first-order valence-corrected chi connectivity index (χ1v) is 7.26. The normalized spacial score (nSPS) is 14.3. The van der Waals surface area contributed by atoms with Crippen LogP contribution in [0.15, 0.2) is 42.5 Å². The number of halogens is 3. The van der Waals surface area contributed by atoms with Crippen LogP contribution in [0.1, 0.15) is 11.6 Å². The van der Waals surface area contributed by atoms with E-state index < -0.39 is 21.7 Å². The highest BCUT2D eigenvalue weighted by Crippen LogP contribution is 2.31. The van der Waals surface area contributed by atoms with Crippen molar-refractivity contribution in [2.75, 3.05) is 13.2 Å². The zero-order chi connectivity index (χ0) is 16.0. The second kappa shape index (κ2) is 8.01. The number of carbonyl (C=O) groups is 1. The first-order valence-electron chi connectivity index (χ1n) is 6.13. The van der Waals surface area contributed by atoms with Crippen molar-refractivity contribution < 1.29 is 15.0 Å². The third kappa shape index (κ3) is 5.16. The SMILES string of the molecule is C=C(CO)[C@H](CO)[C@H](NC(=O)C(Cl)(Cl)Cl)c1ccccc1. The van der Waals surface area contributed by atoms with Crippen LogP contribution in [0.5, 0.6) is 0 Å². The summed E-state index contributed by atoms with van der Waals surface area (Å²) in [4.78, 5) is 11.9. The number of alkyl halides is 3. The fourth-order valence-corrected chi connectivity index (χ4v) is 2.05. The lowest BCUT2D eigenvalue weighted by molar-refractivity contribution is -0.121. The number of carbonyl (C=O) groups excluding carboxylic acids is 1. The van der Waals surface area contributed by atoms with Gasteiger partial charge >= 0.3 is 0 Å². The molecule has 0 radical (unpaired) electrons. The minimum Gasteiger partial charge on any atom is -0.396 e. The van der Waals surface area contributed by atoms with Crippen LogP contribution in [0.25, 0.3) is 0 Å². The van der Waals surface area contributed by atoms with Gasteiger partial charge in [0.25, 0.3) is 9.70 Å². The Hall–Kier alpha value is -0.780. The second-order valence-electron chi connectivity index (χ2n) is 4.47. The minimum absolute atomic E-state index is 0.320. The molecule has 4 nitrogen and oxygen atoms in total. The molecule has 0 heterocycles. The lowest BCUT2D eigenvalue weighted by atomic mass is 9.88. The van der Waals surface area contributed by atoms with Gasteiger partial charge in [0.05, 0.1) is 19.3 Å². The maximum Gasteiger partial charge on any atom is 0.272 e. The summed E-state index contributed by atoms with van der Waals surface area (Å²) in [6.07, 6.45) is 0. The average Bonchev–Trinajstić information content (AvgIpc) is 2.46. The molecule has 0 aliphatic rings. The van der Waals surface area contributed by atoms with Gasteiger partial charge in [0, 0.05) is 5.92 Å². The smallest absolute Gasteiger partial charge is 0.272 e. The molecule has 0 unspecified atom stereocenters. The van der Waals surface area contributed by atoms with Crippen LogP contribution in [0.4, 0.5) is 0 Å². The molecular weight excluding hydrogens is 337 g/mol. The van der Waals surface area contributed by atoms with Gasteiger partial charge in [-0.25, -0.2) is 0 Å². The van der Waals surface area contributed by atoms with E-state index in [-0.39, 0.29) is 13.2 Å². The molecule has 0 fully saturated rings. The topological polar surface area (TPSA) is 69.6 Å². The molecule has 0 aromatic heterocycles. The fourth-order valence-electron chi connectivity index (χ4n) is 1.89. The minimum atomic E-state index is -2.12. The van der Waals surface area contributed by atoms with Crippen molar-refractivity contribution in [1.82, 2.24) is 5.32 Å². The molecule has 2 atom stereocenters. The van der Waals surface area contributed by atoms with Gasteiger partial charge in [-0.2, -0.15) is 0 Å². The highest BCUT2D eigenvalue weighted by Gasteiger charge is 2.35. The molecule has 3 N–H and O–H groups in total. The summed E-state index contributed by atoms with van der Waals surface area (Å²) in [7, 11) is 0. The molecule has 1 rings (SSSR count). The fraction of sp³-hybridized carbons (Fsp3) is 0.357. The predicted molar refractivity (Wildman–Crippen MR) is 84.4 cm³/mol. The molecule has 1 aromatic carbocycles. The van der Waals surface area contributed by atoms with Crippen LogP contribution in [-0.4, -0.2) is 33.1 Å². The van der Waals surface area contributed by atoms with Crippen LogP contribution in [0, 0.1) is 5.92 Å². The molecule has 0 aliphatic carbocycles. The maximum atomic E-state index is 11.9. The van der Waals surface area contributed by atoms with Crippen LogP contribution >= 0.6 is 34.8 Å². The predicted octanol–water partition coefficient (Wildman–Crippen LogP) is 2.37. The van der Waals surface area contributed by atoms with Gasteiger partial charge in [-0.1, -0.05) is 71.7 Å². The number of rotatable bonds is 6. The second-order valence-corrected chi connectivity index (χ2v) is 6.75. The van der Waals surface area contributed by atoms with Crippen molar-refractivity contribution in [2.24, 2.45) is 5.92 Å². The highest BCUT2D eigenvalue weighted by molar-refractivity contribution is 6.76. The van der Waals surface area contributed by atoms with E-state index in [1.807, 2.05) is 6.07 Å². The number of aliphatic hydroxyl groups is 2. The van der Waals surface area contributed by atoms with E-state index in [2.05, 4.69) is 11.9 Å². The third-order valence-corrected chi connectivity index (χ3v) is 3.54. The van der Waals surface area contributed by atoms with Crippen LogP contribution in [0.2, 0.25) is 0 Å². The van der Waals surface area contributed by atoms with Crippen molar-refractivity contribution in [1.29, 1.82) is 0 Å². The Morgan fingerprint density at radius 1 is 1.24 bits per heavy atom. The summed E-state index contributed by atoms with van der Waals surface area (Å²) >= 11 is 16.7. The van der Waals surface area contributed by atoms with Crippen molar-refractivity contribution in [3.8, 4) is 0 Å². The standard InChI is InChI=1S/C14H16Cl3NO3/c1-9(7-19)11(8-20)12(10-5-3-2-4-6-10)18-13(21)14(15,16)17/h2-6,11-12,19-20H,1,7-8H2,(H,18,21)/t11-,12+/m0/s1. The summed E-state index contributed by atoms with van der Waals surface area (Å²) < 4.78 is -2.12. The zero-order valence-corrected chi connectivity index (χ0v) is 13.4. The summed E-state index contributed by atoms with van der Waals surface area (Å²) in [6, 6.07) is 8.22. The number of hydrogen-bond acceptors (Lipinski definition) is 3. The molecule has 0 spiro atoms. The number of aliphatic hydroxyl groups excluding tert-OH is 2. The van der Waals surface area contributed by atoms with Crippen molar-refractivity contribution in [3.63, 3.8) is 0 Å². The summed E-state index contributed by atoms with van der Waals surface area (Å²) in [6.45, 7) is 3.06. The van der Waals surface area contributed by atoms with E-state index >= 15 is 0 Å². The molecule has 1 aromatic rings. The molecule has 1 amide bonds. The molecule has 21 heavy (non-hydrogen) atoms. The highest BCUT2D eigenvalue weighted by atomic mass is 35.6. The summed E-state index contributed by atoms with van der Waals surface area (Å²) in [5, 5.41) is 21.4. The van der Waals surface area contributed by atoms with Gasteiger partial charge in [0.2, 0.25) is 0 Å². The Balaban J connectivity index is 3.11. The lowest BCUT2D eigenvalue weighted by Crippen LogP contribution is -2.41. The Morgan fingerprint density at radius 2 is 1.81 bits per heavy atom. The van der Waals surface area contributed by atoms with Gasteiger partial charge in [-0.3, -0.25) is 4.79 Å². The zero-order valence-electron chi connectivity index (χ0n) is 11.1. The van der Waals surface area contributed by atoms with Crippen LogP contribution < -0.4 is 5.32 Å². The van der Waals surface area contributed by atoms with Gasteiger partial charge in [0.15, 0.2) is 0 Å². The van der Waals surface area contributed by atoms with Crippen molar-refractivity contribution >= 4 is 40.7 Å². The number of nitrogens with one attached hydrogen (secondary N) is 1. The quantitative estimate of drug-likeness (QED) is 0.544. The molecule has 0 aliphatic heterocycles. The third-order valence-electron chi connectivity index (χ3n) is 3.03. The van der Waals surface area contributed by atoms with Crippen molar-refractivity contribution in [3.05, 3.63) is 48.0 Å². The number of amides is 1. The van der Waals surface area contributed by atoms with E-state index in [1.54, 1.807) is 24.3 Å². The van der Waals surface area contributed by atoms with Gasteiger partial charge in [-0.05, 0) is 11.1 Å². The summed E-state index contributed by atoms with van der Waals surface area (Å²) in [5.74, 6) is -1.42. The molecule has 0 saturated carbocycles. The Morgan fingerprint density at radius 3 is 2.24 bits per heavy atom. The van der Waals surface area contributed by atoms with E-state index in [0.717, 1.165) is 0 Å². The maximum absolute atomic E-state index is 11.9. The van der Waals surface area contributed by atoms with Gasteiger partial charge in [-0.15, -0.1) is 0 Å². The first kappa shape index (κ1) is 18.3. The monoisotopic (exact) mass is 351 g/mol. The van der Waals surface area contributed by atoms with E-state index in [1.165, 1.54) is 0 Å². The van der Waals surface area contributed by atoms with Gasteiger partial charge < -0.3 is 15.5 Å². The lowest BCUT2D eigenvalue weighted by Gasteiger charge is -2.29. The van der Waals surface area contributed by atoms with E-state index in [0.29, 0.717) is 11.1 Å². The van der Waals surface area contributed by atoms with E-state index in [4.69, 9.17) is 34.8 Å². The first-order chi connectivity index (χ1) is 9.81. The Kier molecular flexibility index (Phi) is 6.97. The molecule has 0 bridgehead atoms. The average molecular weight is 353 g/mol. The molecule has 7 heteroatoms. The summed E-state index contributed by atoms with van der Waals surface area (Å²) in [5.41, 5.74) is 1.07. The molecule has 116 valence electrons. The number of hydrogen-bond donors (Lipinski definition) is 3. The largest absolute Gasteiger partial charge is 0.396 e. The Bertz CT molecular complexity index is 488. The van der Waals surface area contributed by atoms with Crippen molar-refractivity contribution in [2.45, 2.75) is 9.83 Å². The van der Waals surface area contributed by atoms with Gasteiger partial charge in [0.1, 0.15) is 0 Å². The number of benzene rings is 1. The molecule has 0 saturated heterocycles. The van der Waals surface area contributed by atoms with E-state index in [9.17, 15) is 15.0 Å². The molecular formula is C14H16Cl3NO3. The Labute approximate surface area is 138 Å². The van der Waals surface area contributed by atoms with Crippen LogP contribution in [-0.2, 0) is 4.79 Å². The van der Waals surface area contributed by atoms with Crippen LogP contribution in [0.3, 0.4) is 0 Å².